The third-order valence-corrected chi connectivity index (χ3v) is 3.38. The predicted octanol–water partition coefficient (Wildman–Crippen LogP) is 5.04. The molecular weight excluding hydrogens is 270 g/mol. The van der Waals surface area contributed by atoms with E-state index in [1.807, 2.05) is 24.3 Å². The minimum atomic E-state index is -0.784. The number of para-hydroxylation sites is 1. The second-order valence-electron chi connectivity index (χ2n) is 4.21. The maximum absolute atomic E-state index is 13.7. The molecule has 1 aromatic heterocycles. The zero-order valence-corrected chi connectivity index (χ0v) is 10.5. The van der Waals surface area contributed by atoms with Crippen LogP contribution in [0.2, 0.25) is 0 Å². The Morgan fingerprint density at radius 3 is 2.53 bits per heavy atom. The van der Waals surface area contributed by atoms with Crippen molar-refractivity contribution < 1.29 is 13.2 Å². The maximum Gasteiger partial charge on any atom is 0.134 e. The van der Waals surface area contributed by atoms with Crippen molar-refractivity contribution in [2.75, 3.05) is 0 Å². The first-order valence-electron chi connectivity index (χ1n) is 5.72. The molecule has 3 rings (SSSR count). The van der Waals surface area contributed by atoms with Gasteiger partial charge in [-0.05, 0) is 18.2 Å². The Labute approximate surface area is 113 Å². The Morgan fingerprint density at radius 2 is 1.79 bits per heavy atom. The molecule has 0 fully saturated rings. The van der Waals surface area contributed by atoms with Gasteiger partial charge >= 0.3 is 0 Å². The molecule has 0 saturated carbocycles. The average Bonchev–Trinajstić information content (AvgIpc) is 2.81. The molecule has 1 heterocycles. The third-order valence-electron chi connectivity index (χ3n) is 2.93. The van der Waals surface area contributed by atoms with Crippen molar-refractivity contribution in [2.45, 2.75) is 5.38 Å². The Morgan fingerprint density at radius 1 is 1.00 bits per heavy atom. The fraction of sp³-hybridized carbons (Fsp3) is 0.0667. The lowest BCUT2D eigenvalue weighted by atomic mass is 10.1. The number of benzene rings is 2. The van der Waals surface area contributed by atoms with Gasteiger partial charge in [0.2, 0.25) is 0 Å². The topological polar surface area (TPSA) is 13.1 Å². The van der Waals surface area contributed by atoms with E-state index < -0.39 is 17.0 Å². The maximum atomic E-state index is 13.7. The van der Waals surface area contributed by atoms with Crippen LogP contribution in [-0.2, 0) is 0 Å². The lowest BCUT2D eigenvalue weighted by Gasteiger charge is -2.07. The van der Waals surface area contributed by atoms with Crippen LogP contribution in [0.25, 0.3) is 11.0 Å². The number of hydrogen-bond donors (Lipinski definition) is 0. The van der Waals surface area contributed by atoms with Crippen LogP contribution in [0.1, 0.15) is 16.7 Å². The number of rotatable bonds is 2. The SMILES string of the molecule is Fc1ccc(C(Cl)c2cc3ccccc3o2)c(F)c1. The van der Waals surface area contributed by atoms with Gasteiger partial charge < -0.3 is 4.42 Å². The first kappa shape index (κ1) is 12.2. The molecule has 1 nitrogen and oxygen atoms in total. The number of hydrogen-bond acceptors (Lipinski definition) is 1. The third kappa shape index (κ3) is 2.22. The summed E-state index contributed by atoms with van der Waals surface area (Å²) >= 11 is 6.20. The van der Waals surface area contributed by atoms with Gasteiger partial charge in [-0.25, -0.2) is 8.78 Å². The van der Waals surface area contributed by atoms with Crippen molar-refractivity contribution in [1.82, 2.24) is 0 Å². The molecular formula is C15H9ClF2O. The summed E-state index contributed by atoms with van der Waals surface area (Å²) in [5.41, 5.74) is 0.882. The first-order valence-corrected chi connectivity index (χ1v) is 6.16. The van der Waals surface area contributed by atoms with E-state index in [2.05, 4.69) is 0 Å². The molecule has 0 aliphatic heterocycles. The van der Waals surface area contributed by atoms with Crippen LogP contribution >= 0.6 is 11.6 Å². The standard InChI is InChI=1S/C15H9ClF2O/c16-15(11-6-5-10(17)8-12(11)18)14-7-9-3-1-2-4-13(9)19-14/h1-8,15H. The normalized spacial score (nSPS) is 12.8. The highest BCUT2D eigenvalue weighted by atomic mass is 35.5. The smallest absolute Gasteiger partial charge is 0.134 e. The summed E-state index contributed by atoms with van der Waals surface area (Å²) in [5, 5.41) is 0.110. The summed E-state index contributed by atoms with van der Waals surface area (Å²) in [4.78, 5) is 0. The van der Waals surface area contributed by atoms with Crippen molar-refractivity contribution in [3.05, 3.63) is 71.5 Å². The molecule has 0 aliphatic carbocycles. The Kier molecular flexibility index (Phi) is 2.99. The largest absolute Gasteiger partial charge is 0.459 e. The summed E-state index contributed by atoms with van der Waals surface area (Å²) < 4.78 is 32.1. The van der Waals surface area contributed by atoms with Crippen LogP contribution in [0.4, 0.5) is 8.78 Å². The second-order valence-corrected chi connectivity index (χ2v) is 4.65. The van der Waals surface area contributed by atoms with E-state index in [4.69, 9.17) is 16.0 Å². The van der Waals surface area contributed by atoms with Gasteiger partial charge in [-0.3, -0.25) is 0 Å². The molecule has 0 aliphatic rings. The van der Waals surface area contributed by atoms with Crippen LogP contribution in [-0.4, -0.2) is 0 Å². The second kappa shape index (κ2) is 4.67. The Hall–Kier alpha value is -1.87. The molecule has 1 atom stereocenters. The zero-order valence-electron chi connectivity index (χ0n) is 9.74. The van der Waals surface area contributed by atoms with E-state index >= 15 is 0 Å². The first-order chi connectivity index (χ1) is 9.15. The molecule has 0 bridgehead atoms. The summed E-state index contributed by atoms with van der Waals surface area (Å²) in [6, 6.07) is 12.5. The van der Waals surface area contributed by atoms with Crippen molar-refractivity contribution in [2.24, 2.45) is 0 Å². The number of furan rings is 1. The van der Waals surface area contributed by atoms with Gasteiger partial charge in [0.15, 0.2) is 0 Å². The molecule has 2 aromatic carbocycles. The molecule has 0 radical (unpaired) electrons. The van der Waals surface area contributed by atoms with Crippen molar-refractivity contribution >= 4 is 22.6 Å². The highest BCUT2D eigenvalue weighted by Gasteiger charge is 2.19. The minimum absolute atomic E-state index is 0.196. The number of alkyl halides is 1. The van der Waals surface area contributed by atoms with Gasteiger partial charge in [0.25, 0.3) is 0 Å². The molecule has 1 unspecified atom stereocenters. The van der Waals surface area contributed by atoms with Gasteiger partial charge in [0.05, 0.1) is 0 Å². The highest BCUT2D eigenvalue weighted by molar-refractivity contribution is 6.22. The molecule has 0 spiro atoms. The van der Waals surface area contributed by atoms with Crippen LogP contribution in [0.3, 0.4) is 0 Å². The summed E-state index contributed by atoms with van der Waals surface area (Å²) in [7, 11) is 0. The van der Waals surface area contributed by atoms with Crippen LogP contribution < -0.4 is 0 Å². The number of fused-ring (bicyclic) bond motifs is 1. The molecule has 4 heteroatoms. The van der Waals surface area contributed by atoms with E-state index in [0.717, 1.165) is 11.5 Å². The average molecular weight is 279 g/mol. The van der Waals surface area contributed by atoms with Gasteiger partial charge in [0, 0.05) is 17.0 Å². The van der Waals surface area contributed by atoms with Crippen molar-refractivity contribution in [3.8, 4) is 0 Å². The molecule has 19 heavy (non-hydrogen) atoms. The van der Waals surface area contributed by atoms with Crippen molar-refractivity contribution in [3.63, 3.8) is 0 Å². The van der Waals surface area contributed by atoms with Gasteiger partial charge in [0.1, 0.15) is 28.4 Å². The molecule has 96 valence electrons. The van der Waals surface area contributed by atoms with E-state index in [1.54, 1.807) is 6.07 Å². The van der Waals surface area contributed by atoms with Gasteiger partial charge in [-0.15, -0.1) is 11.6 Å². The fourth-order valence-electron chi connectivity index (χ4n) is 1.99. The lowest BCUT2D eigenvalue weighted by Crippen LogP contribution is -1.96. The van der Waals surface area contributed by atoms with Gasteiger partial charge in [-0.1, -0.05) is 24.3 Å². The molecule has 3 aromatic rings. The fourth-order valence-corrected chi connectivity index (χ4v) is 2.27. The molecule has 0 N–H and O–H groups in total. The molecule has 0 amide bonds. The Bertz CT molecular complexity index is 703. The van der Waals surface area contributed by atoms with E-state index in [9.17, 15) is 8.78 Å². The Balaban J connectivity index is 2.05. The van der Waals surface area contributed by atoms with Crippen molar-refractivity contribution in [1.29, 1.82) is 0 Å². The predicted molar refractivity (Wildman–Crippen MR) is 70.3 cm³/mol. The highest BCUT2D eigenvalue weighted by Crippen LogP contribution is 2.34. The van der Waals surface area contributed by atoms with Crippen LogP contribution in [0, 0.1) is 11.6 Å². The summed E-state index contributed by atoms with van der Waals surface area (Å²) in [6.07, 6.45) is 0. The minimum Gasteiger partial charge on any atom is -0.459 e. The van der Waals surface area contributed by atoms with E-state index in [0.29, 0.717) is 11.3 Å². The van der Waals surface area contributed by atoms with E-state index in [1.165, 1.54) is 12.1 Å². The van der Waals surface area contributed by atoms with Gasteiger partial charge in [-0.2, -0.15) is 0 Å². The monoisotopic (exact) mass is 278 g/mol. The summed E-state index contributed by atoms with van der Waals surface area (Å²) in [6.45, 7) is 0. The zero-order chi connectivity index (χ0) is 13.4. The molecule has 0 saturated heterocycles. The number of halogens is 3. The quantitative estimate of drug-likeness (QED) is 0.599. The summed E-state index contributed by atoms with van der Waals surface area (Å²) in [5.74, 6) is -0.872. The lowest BCUT2D eigenvalue weighted by molar-refractivity contribution is 0.538. The van der Waals surface area contributed by atoms with Crippen LogP contribution in [0.5, 0.6) is 0 Å². The van der Waals surface area contributed by atoms with E-state index in [-0.39, 0.29) is 5.56 Å². The van der Waals surface area contributed by atoms with Crippen LogP contribution in [0.15, 0.2) is 52.9 Å².